The van der Waals surface area contributed by atoms with E-state index in [2.05, 4.69) is 24.2 Å². The summed E-state index contributed by atoms with van der Waals surface area (Å²) in [5.74, 6) is -1.24. The zero-order chi connectivity index (χ0) is 21.0. The van der Waals surface area contributed by atoms with E-state index in [-0.39, 0.29) is 41.4 Å². The Morgan fingerprint density at radius 1 is 0.862 bits per heavy atom. The van der Waals surface area contributed by atoms with Crippen molar-refractivity contribution in [2.75, 3.05) is 6.54 Å². The molecule has 0 aliphatic heterocycles. The van der Waals surface area contributed by atoms with E-state index < -0.39 is 12.0 Å². The van der Waals surface area contributed by atoms with E-state index in [1.54, 1.807) is 0 Å². The number of carboxylic acid groups (broad SMARTS) is 1. The molecule has 2 N–H and O–H groups in total. The number of hydrogen-bond donors (Lipinski definition) is 2. The van der Waals surface area contributed by atoms with Gasteiger partial charge in [0.1, 0.15) is 6.04 Å². The normalized spacial score (nSPS) is 12.3. The monoisotopic (exact) mass is 420 g/mol. The van der Waals surface area contributed by atoms with Crippen LogP contribution in [0.1, 0.15) is 110 Å². The number of carbonyl (C=O) groups is 2. The second kappa shape index (κ2) is 22.1. The Morgan fingerprint density at radius 3 is 1.97 bits per heavy atom. The average Bonchev–Trinajstić information content (AvgIpc) is 2.66. The quantitative estimate of drug-likeness (QED) is 0.142. The van der Waals surface area contributed by atoms with Gasteiger partial charge in [-0.2, -0.15) is 0 Å². The molecule has 6 nitrogen and oxygen atoms in total. The minimum absolute atomic E-state index is 0. The molecular formula is C22H41N2NaO4. The molecule has 1 amide bonds. The maximum Gasteiger partial charge on any atom is 1.00 e. The van der Waals surface area contributed by atoms with E-state index in [1.165, 1.54) is 25.7 Å². The van der Waals surface area contributed by atoms with Gasteiger partial charge >= 0.3 is 35.5 Å². The van der Waals surface area contributed by atoms with Crippen molar-refractivity contribution < 1.29 is 49.4 Å². The topological polar surface area (TPSA) is 102 Å². The predicted molar refractivity (Wildman–Crippen MR) is 112 cm³/mol. The van der Waals surface area contributed by atoms with Crippen LogP contribution in [0.4, 0.5) is 0 Å². The molecule has 0 spiro atoms. The first-order chi connectivity index (χ1) is 13.5. The summed E-state index contributed by atoms with van der Waals surface area (Å²) in [4.78, 5) is 27.3. The standard InChI is InChI=1S/C22H42N2O4.Na/c1-3-5-7-9-11-16-20(25)23-18-14-13-15-19(22(27)28)24-21(26)17-12-10-8-6-4-2;/h19H,3-18H2,1-2H3,(H,23,25)(H,24,26)(H,27,28);/q;+1/p-1. The third-order valence-electron chi connectivity index (χ3n) is 4.82. The van der Waals surface area contributed by atoms with Crippen LogP contribution in [-0.4, -0.2) is 35.5 Å². The first-order valence-electron chi connectivity index (χ1n) is 11.2. The molecule has 0 saturated carbocycles. The summed E-state index contributed by atoms with van der Waals surface area (Å²) >= 11 is 0. The number of aliphatic carboxylic acids is 1. The van der Waals surface area contributed by atoms with Crippen LogP contribution in [0.3, 0.4) is 0 Å². The summed E-state index contributed by atoms with van der Waals surface area (Å²) in [6.07, 6.45) is 13.4. The first-order valence-corrected chi connectivity index (χ1v) is 11.2. The zero-order valence-corrected chi connectivity index (χ0v) is 21.0. The van der Waals surface area contributed by atoms with Crippen molar-refractivity contribution in [1.82, 2.24) is 5.32 Å². The van der Waals surface area contributed by atoms with Crippen LogP contribution in [0.5, 0.6) is 0 Å². The van der Waals surface area contributed by atoms with Crippen molar-refractivity contribution in [1.29, 1.82) is 0 Å². The summed E-state index contributed by atoms with van der Waals surface area (Å²) in [7, 11) is 0. The fourth-order valence-electron chi connectivity index (χ4n) is 3.04. The van der Waals surface area contributed by atoms with Crippen molar-refractivity contribution >= 4 is 17.8 Å². The molecule has 7 heteroatoms. The van der Waals surface area contributed by atoms with E-state index in [0.717, 1.165) is 38.5 Å². The average molecular weight is 421 g/mol. The van der Waals surface area contributed by atoms with Gasteiger partial charge in [-0.05, 0) is 44.4 Å². The fourth-order valence-corrected chi connectivity index (χ4v) is 3.04. The summed E-state index contributed by atoms with van der Waals surface area (Å²) < 4.78 is 0. The maximum absolute atomic E-state index is 11.9. The molecule has 0 radical (unpaired) electrons. The van der Waals surface area contributed by atoms with Gasteiger partial charge in [-0.25, -0.2) is 4.79 Å². The number of hydrogen-bond acceptors (Lipinski definition) is 4. The Balaban J connectivity index is 0. The second-order valence-corrected chi connectivity index (χ2v) is 7.56. The third-order valence-corrected chi connectivity index (χ3v) is 4.82. The minimum atomic E-state index is -1.00. The van der Waals surface area contributed by atoms with Gasteiger partial charge in [-0.3, -0.25) is 4.79 Å². The Labute approximate surface area is 199 Å². The van der Waals surface area contributed by atoms with Gasteiger partial charge in [0.2, 0.25) is 5.91 Å². The SMILES string of the molecule is CCCCCCCC(=O)NC(CCCCN=C([O-])CCCCCCC)C(=O)O.[Na+]. The summed E-state index contributed by atoms with van der Waals surface area (Å²) in [5.41, 5.74) is 0. The van der Waals surface area contributed by atoms with Crippen molar-refractivity contribution in [2.24, 2.45) is 4.99 Å². The van der Waals surface area contributed by atoms with E-state index in [9.17, 15) is 19.8 Å². The molecule has 0 fully saturated rings. The molecule has 0 saturated heterocycles. The van der Waals surface area contributed by atoms with Gasteiger partial charge in [0.15, 0.2) is 0 Å². The molecule has 0 aromatic heterocycles. The van der Waals surface area contributed by atoms with Gasteiger partial charge in [0.05, 0.1) is 0 Å². The maximum atomic E-state index is 11.9. The van der Waals surface area contributed by atoms with Crippen LogP contribution in [-0.2, 0) is 9.59 Å². The van der Waals surface area contributed by atoms with E-state index in [1.807, 2.05) is 0 Å². The molecule has 0 rings (SSSR count). The fraction of sp³-hybridized carbons (Fsp3) is 0.864. The number of aliphatic imine (C=N–C) groups is 1. The molecule has 0 aromatic carbocycles. The third kappa shape index (κ3) is 20.5. The van der Waals surface area contributed by atoms with Crippen LogP contribution in [0.2, 0.25) is 0 Å². The number of nitrogens with zero attached hydrogens (tertiary/aromatic N) is 1. The Morgan fingerprint density at radius 2 is 1.41 bits per heavy atom. The minimum Gasteiger partial charge on any atom is -0.862 e. The Bertz CT molecular complexity index is 445. The van der Waals surface area contributed by atoms with Crippen LogP contribution >= 0.6 is 0 Å². The number of rotatable bonds is 19. The van der Waals surface area contributed by atoms with E-state index >= 15 is 0 Å². The number of nitrogens with one attached hydrogen (secondary N) is 1. The molecular weight excluding hydrogens is 379 g/mol. The smallest absolute Gasteiger partial charge is 0.862 e. The molecule has 29 heavy (non-hydrogen) atoms. The van der Waals surface area contributed by atoms with E-state index in [4.69, 9.17) is 0 Å². The van der Waals surface area contributed by atoms with Crippen molar-refractivity contribution in [3.05, 3.63) is 0 Å². The molecule has 1 unspecified atom stereocenters. The number of unbranched alkanes of at least 4 members (excludes halogenated alkanes) is 9. The number of amides is 1. The van der Waals surface area contributed by atoms with Gasteiger partial charge in [0, 0.05) is 13.0 Å². The summed E-state index contributed by atoms with van der Waals surface area (Å²) in [5, 5.41) is 23.6. The van der Waals surface area contributed by atoms with Gasteiger partial charge in [0.25, 0.3) is 0 Å². The van der Waals surface area contributed by atoms with Crippen molar-refractivity contribution in [3.63, 3.8) is 0 Å². The van der Waals surface area contributed by atoms with Crippen LogP contribution in [0, 0.1) is 0 Å². The van der Waals surface area contributed by atoms with E-state index in [0.29, 0.717) is 38.6 Å². The molecule has 0 heterocycles. The molecule has 1 atom stereocenters. The summed E-state index contributed by atoms with van der Waals surface area (Å²) in [6, 6.07) is -0.850. The number of carbonyl (C=O) groups excluding carboxylic acids is 1. The Kier molecular flexibility index (Phi) is 23.3. The predicted octanol–water partition coefficient (Wildman–Crippen LogP) is 1.21. The second-order valence-electron chi connectivity index (χ2n) is 7.56. The molecule has 164 valence electrons. The Hall–Kier alpha value is -0.590. The molecule has 0 aliphatic carbocycles. The van der Waals surface area contributed by atoms with Crippen LogP contribution in [0.15, 0.2) is 4.99 Å². The molecule has 0 aliphatic rings. The largest absolute Gasteiger partial charge is 1.00 e. The van der Waals surface area contributed by atoms with Crippen molar-refractivity contribution in [3.8, 4) is 0 Å². The van der Waals surface area contributed by atoms with Gasteiger partial charge in [-0.15, -0.1) is 0 Å². The van der Waals surface area contributed by atoms with Gasteiger partial charge < -0.3 is 20.5 Å². The molecule has 0 bridgehead atoms. The summed E-state index contributed by atoms with van der Waals surface area (Å²) in [6.45, 7) is 4.74. The number of carboxylic acids is 1. The zero-order valence-electron chi connectivity index (χ0n) is 19.0. The van der Waals surface area contributed by atoms with Crippen molar-refractivity contribution in [2.45, 2.75) is 116 Å². The first kappa shape index (κ1) is 30.6. The van der Waals surface area contributed by atoms with Crippen LogP contribution in [0.25, 0.3) is 0 Å². The van der Waals surface area contributed by atoms with Gasteiger partial charge in [-0.1, -0.05) is 65.2 Å². The molecule has 0 aromatic rings. The van der Waals surface area contributed by atoms with Crippen LogP contribution < -0.4 is 40.0 Å².